The first-order chi connectivity index (χ1) is 10.1. The van der Waals surface area contributed by atoms with Crippen LogP contribution >= 0.6 is 22.9 Å². The van der Waals surface area contributed by atoms with E-state index in [0.717, 1.165) is 16.2 Å². The van der Waals surface area contributed by atoms with Crippen molar-refractivity contribution in [3.63, 3.8) is 0 Å². The quantitative estimate of drug-likeness (QED) is 0.753. The molecule has 0 radical (unpaired) electrons. The first-order valence-electron chi connectivity index (χ1n) is 6.18. The van der Waals surface area contributed by atoms with E-state index in [1.54, 1.807) is 16.7 Å². The van der Waals surface area contributed by atoms with Crippen LogP contribution in [0.5, 0.6) is 0 Å². The second kappa shape index (κ2) is 5.67. The van der Waals surface area contributed by atoms with Crippen molar-refractivity contribution in [2.45, 2.75) is 6.92 Å². The Labute approximate surface area is 129 Å². The van der Waals surface area contributed by atoms with Crippen molar-refractivity contribution in [2.75, 3.05) is 5.32 Å². The zero-order chi connectivity index (χ0) is 14.8. The number of aromatic nitrogens is 3. The maximum absolute atomic E-state index is 11.9. The number of fused-ring (bicyclic) bond motifs is 1. The normalized spacial score (nSPS) is 11.3. The van der Waals surface area contributed by atoms with E-state index in [9.17, 15) is 4.79 Å². The number of hydrogen-bond acceptors (Lipinski definition) is 4. The Morgan fingerprint density at radius 2 is 2.24 bits per heavy atom. The van der Waals surface area contributed by atoms with E-state index in [1.165, 1.54) is 17.4 Å². The third-order valence-electron chi connectivity index (χ3n) is 2.80. The minimum atomic E-state index is -0.300. The number of nitrogens with zero attached hydrogens (tertiary/aromatic N) is 3. The molecule has 3 rings (SSSR count). The highest BCUT2D eigenvalue weighted by Crippen LogP contribution is 2.17. The van der Waals surface area contributed by atoms with Gasteiger partial charge in [0.25, 0.3) is 11.9 Å². The summed E-state index contributed by atoms with van der Waals surface area (Å²) in [6.07, 6.45) is 3.06. The van der Waals surface area contributed by atoms with Gasteiger partial charge in [-0.3, -0.25) is 10.1 Å². The number of rotatable bonds is 3. The second-order valence-corrected chi connectivity index (χ2v) is 5.59. The molecule has 2 heterocycles. The lowest BCUT2D eigenvalue weighted by Crippen LogP contribution is -2.09. The van der Waals surface area contributed by atoms with Gasteiger partial charge in [0.1, 0.15) is 0 Å². The fraction of sp³-hybridized carbons (Fsp3) is 0.0714. The van der Waals surface area contributed by atoms with Gasteiger partial charge in [-0.25, -0.2) is 4.52 Å². The molecule has 0 saturated heterocycles. The Kier molecular flexibility index (Phi) is 3.72. The Morgan fingerprint density at radius 3 is 3.00 bits per heavy atom. The molecule has 0 aliphatic rings. The maximum Gasteiger partial charge on any atom is 0.250 e. The van der Waals surface area contributed by atoms with E-state index in [0.29, 0.717) is 11.0 Å². The van der Waals surface area contributed by atoms with Crippen LogP contribution in [0.2, 0.25) is 5.02 Å². The highest BCUT2D eigenvalue weighted by molar-refractivity contribution is 7.15. The zero-order valence-corrected chi connectivity index (χ0v) is 12.6. The van der Waals surface area contributed by atoms with E-state index in [-0.39, 0.29) is 5.91 Å². The minimum absolute atomic E-state index is 0.291. The predicted octanol–water partition coefficient (Wildman–Crippen LogP) is 3.40. The topological polar surface area (TPSA) is 59.3 Å². The number of carbonyl (C=O) groups excluding carboxylic acids is 1. The molecule has 0 unspecified atom stereocenters. The van der Waals surface area contributed by atoms with Gasteiger partial charge in [-0.2, -0.15) is 4.98 Å². The summed E-state index contributed by atoms with van der Waals surface area (Å²) in [4.78, 5) is 16.8. The number of amides is 1. The Morgan fingerprint density at radius 1 is 1.43 bits per heavy atom. The fourth-order valence-corrected chi connectivity index (χ4v) is 2.77. The monoisotopic (exact) mass is 318 g/mol. The van der Waals surface area contributed by atoms with Crippen molar-refractivity contribution in [3.8, 4) is 0 Å². The number of thiazole rings is 1. The van der Waals surface area contributed by atoms with Crippen molar-refractivity contribution >= 4 is 45.8 Å². The molecular weight excluding hydrogens is 308 g/mol. The highest BCUT2D eigenvalue weighted by atomic mass is 35.5. The van der Waals surface area contributed by atoms with Crippen LogP contribution in [-0.2, 0) is 4.79 Å². The van der Waals surface area contributed by atoms with Crippen molar-refractivity contribution in [3.05, 3.63) is 52.0 Å². The first kappa shape index (κ1) is 13.8. The SMILES string of the molecule is Cc1csc2nc(NC(=O)/C=C/c3ccccc3Cl)nn12. The van der Waals surface area contributed by atoms with E-state index in [1.807, 2.05) is 30.5 Å². The first-order valence-corrected chi connectivity index (χ1v) is 7.44. The van der Waals surface area contributed by atoms with Gasteiger partial charge in [-0.1, -0.05) is 29.8 Å². The summed E-state index contributed by atoms with van der Waals surface area (Å²) >= 11 is 7.49. The lowest BCUT2D eigenvalue weighted by atomic mass is 10.2. The van der Waals surface area contributed by atoms with Gasteiger partial charge in [0.05, 0.1) is 5.69 Å². The van der Waals surface area contributed by atoms with Crippen LogP contribution in [0.4, 0.5) is 5.95 Å². The molecule has 1 aromatic carbocycles. The smallest absolute Gasteiger partial charge is 0.250 e. The van der Waals surface area contributed by atoms with Crippen molar-refractivity contribution < 1.29 is 4.79 Å². The highest BCUT2D eigenvalue weighted by Gasteiger charge is 2.08. The van der Waals surface area contributed by atoms with E-state index in [2.05, 4.69) is 15.4 Å². The Balaban J connectivity index is 1.73. The standard InChI is InChI=1S/C14H11ClN4OS/c1-9-8-21-14-17-13(18-19(9)14)16-12(20)7-6-10-4-2-3-5-11(10)15/h2-8H,1H3,(H,16,18,20)/b7-6+. The molecule has 0 spiro atoms. The van der Waals surface area contributed by atoms with Gasteiger partial charge in [0.15, 0.2) is 0 Å². The molecule has 0 aliphatic carbocycles. The summed E-state index contributed by atoms with van der Waals surface area (Å²) in [5.74, 6) is -0.00964. The van der Waals surface area contributed by atoms with Crippen LogP contribution < -0.4 is 5.32 Å². The van der Waals surface area contributed by atoms with Gasteiger partial charge < -0.3 is 0 Å². The number of carbonyl (C=O) groups is 1. The van der Waals surface area contributed by atoms with E-state index in [4.69, 9.17) is 11.6 Å². The molecule has 0 saturated carbocycles. The van der Waals surface area contributed by atoms with Gasteiger partial charge in [-0.15, -0.1) is 16.4 Å². The lowest BCUT2D eigenvalue weighted by Gasteiger charge is -1.97. The lowest BCUT2D eigenvalue weighted by molar-refractivity contribution is -0.111. The third kappa shape index (κ3) is 2.96. The summed E-state index contributed by atoms with van der Waals surface area (Å²) in [7, 11) is 0. The van der Waals surface area contributed by atoms with Gasteiger partial charge in [0, 0.05) is 16.5 Å². The number of hydrogen-bond donors (Lipinski definition) is 1. The Hall–Kier alpha value is -2.18. The third-order valence-corrected chi connectivity index (χ3v) is 4.08. The predicted molar refractivity (Wildman–Crippen MR) is 84.7 cm³/mol. The summed E-state index contributed by atoms with van der Waals surface area (Å²) in [5, 5.41) is 9.39. The molecule has 0 fully saturated rings. The van der Waals surface area contributed by atoms with Crippen LogP contribution in [0.15, 0.2) is 35.7 Å². The van der Waals surface area contributed by atoms with Crippen LogP contribution in [0.3, 0.4) is 0 Å². The molecule has 1 amide bonds. The van der Waals surface area contributed by atoms with Crippen LogP contribution in [0.1, 0.15) is 11.3 Å². The maximum atomic E-state index is 11.9. The molecule has 5 nitrogen and oxygen atoms in total. The fourth-order valence-electron chi connectivity index (χ4n) is 1.77. The number of aryl methyl sites for hydroxylation is 1. The van der Waals surface area contributed by atoms with E-state index < -0.39 is 0 Å². The van der Waals surface area contributed by atoms with Crippen LogP contribution in [0.25, 0.3) is 11.0 Å². The van der Waals surface area contributed by atoms with Gasteiger partial charge in [-0.05, 0) is 24.6 Å². The number of nitrogens with one attached hydrogen (secondary N) is 1. The van der Waals surface area contributed by atoms with E-state index >= 15 is 0 Å². The van der Waals surface area contributed by atoms with Crippen molar-refractivity contribution in [2.24, 2.45) is 0 Å². The minimum Gasteiger partial charge on any atom is -0.290 e. The van der Waals surface area contributed by atoms with Gasteiger partial charge in [0.2, 0.25) is 4.96 Å². The van der Waals surface area contributed by atoms with Crippen molar-refractivity contribution in [1.82, 2.24) is 14.6 Å². The average Bonchev–Trinajstić information content (AvgIpc) is 3.00. The molecule has 0 bridgehead atoms. The zero-order valence-electron chi connectivity index (χ0n) is 11.1. The van der Waals surface area contributed by atoms with Crippen LogP contribution in [-0.4, -0.2) is 20.5 Å². The van der Waals surface area contributed by atoms with Crippen LogP contribution in [0, 0.1) is 6.92 Å². The number of halogens is 1. The second-order valence-electron chi connectivity index (χ2n) is 4.35. The summed E-state index contributed by atoms with van der Waals surface area (Å²) < 4.78 is 1.69. The van der Waals surface area contributed by atoms with Gasteiger partial charge >= 0.3 is 0 Å². The summed E-state index contributed by atoms with van der Waals surface area (Å²) in [5.41, 5.74) is 1.76. The molecule has 0 aliphatic heterocycles. The molecule has 1 N–H and O–H groups in total. The molecule has 3 aromatic rings. The average molecular weight is 319 g/mol. The molecule has 7 heteroatoms. The summed E-state index contributed by atoms with van der Waals surface area (Å²) in [6, 6.07) is 7.30. The largest absolute Gasteiger partial charge is 0.290 e. The molecule has 0 atom stereocenters. The summed E-state index contributed by atoms with van der Waals surface area (Å²) in [6.45, 7) is 1.93. The molecule has 106 valence electrons. The number of anilines is 1. The molecular formula is C14H11ClN4OS. The molecule has 2 aromatic heterocycles. The molecule has 21 heavy (non-hydrogen) atoms. The number of benzene rings is 1. The van der Waals surface area contributed by atoms with Crippen molar-refractivity contribution in [1.29, 1.82) is 0 Å². The Bertz CT molecular complexity index is 836.